The zero-order valence-electron chi connectivity index (χ0n) is 13.6. The molecule has 0 spiro atoms. The second-order valence-electron chi connectivity index (χ2n) is 7.78. The van der Waals surface area contributed by atoms with Gasteiger partial charge in [-0.25, -0.2) is 0 Å². The van der Waals surface area contributed by atoms with E-state index in [2.05, 4.69) is 35.9 Å². The highest BCUT2D eigenvalue weighted by molar-refractivity contribution is 4.92. The predicted molar refractivity (Wildman–Crippen MR) is 84.9 cm³/mol. The van der Waals surface area contributed by atoms with Crippen molar-refractivity contribution in [1.82, 2.24) is 15.1 Å². The lowest BCUT2D eigenvalue weighted by molar-refractivity contribution is 0.00444. The molecule has 3 heteroatoms. The average molecular weight is 279 g/mol. The molecule has 3 rings (SSSR count). The lowest BCUT2D eigenvalue weighted by atomic mass is 9.73. The lowest BCUT2D eigenvalue weighted by Crippen LogP contribution is -2.63. The van der Waals surface area contributed by atoms with Crippen molar-refractivity contribution < 1.29 is 0 Å². The molecule has 3 fully saturated rings. The highest BCUT2D eigenvalue weighted by Crippen LogP contribution is 2.36. The molecule has 3 aliphatic rings. The van der Waals surface area contributed by atoms with Crippen LogP contribution in [0.2, 0.25) is 0 Å². The van der Waals surface area contributed by atoms with E-state index in [4.69, 9.17) is 0 Å². The van der Waals surface area contributed by atoms with E-state index in [0.717, 1.165) is 29.8 Å². The predicted octanol–water partition coefficient (Wildman–Crippen LogP) is 2.04. The fourth-order valence-corrected chi connectivity index (χ4v) is 4.54. The molecule has 2 heterocycles. The smallest absolute Gasteiger partial charge is 0.0346 e. The molecule has 0 aromatic rings. The zero-order chi connectivity index (χ0) is 14.1. The van der Waals surface area contributed by atoms with Gasteiger partial charge in [0.1, 0.15) is 0 Å². The third-order valence-corrected chi connectivity index (χ3v) is 6.08. The van der Waals surface area contributed by atoms with E-state index in [1.165, 1.54) is 58.5 Å². The summed E-state index contributed by atoms with van der Waals surface area (Å²) in [5, 5.41) is 3.41. The highest BCUT2D eigenvalue weighted by atomic mass is 15.3. The van der Waals surface area contributed by atoms with Crippen molar-refractivity contribution in [2.24, 2.45) is 17.8 Å². The molecular formula is C17H33N3. The van der Waals surface area contributed by atoms with E-state index in [0.29, 0.717) is 0 Å². The number of hydrogen-bond donors (Lipinski definition) is 1. The first kappa shape index (κ1) is 14.8. The first-order valence-corrected chi connectivity index (χ1v) is 8.84. The van der Waals surface area contributed by atoms with Crippen LogP contribution in [0, 0.1) is 17.8 Å². The maximum absolute atomic E-state index is 3.41. The number of hydrogen-bond acceptors (Lipinski definition) is 3. The molecule has 1 saturated carbocycles. The average Bonchev–Trinajstić information content (AvgIpc) is 2.37. The van der Waals surface area contributed by atoms with Gasteiger partial charge < -0.3 is 5.32 Å². The third-order valence-electron chi connectivity index (χ3n) is 6.08. The van der Waals surface area contributed by atoms with Crippen LogP contribution in [0.3, 0.4) is 0 Å². The molecule has 2 aliphatic heterocycles. The molecule has 20 heavy (non-hydrogen) atoms. The van der Waals surface area contributed by atoms with Crippen LogP contribution in [-0.4, -0.2) is 61.2 Å². The molecule has 1 N–H and O–H groups in total. The van der Waals surface area contributed by atoms with E-state index >= 15 is 0 Å². The number of nitrogens with one attached hydrogen (secondary N) is 1. The quantitative estimate of drug-likeness (QED) is 0.853. The van der Waals surface area contributed by atoms with Crippen molar-refractivity contribution in [3.63, 3.8) is 0 Å². The second kappa shape index (κ2) is 6.33. The first-order chi connectivity index (χ1) is 9.65. The highest BCUT2D eigenvalue weighted by Gasteiger charge is 2.37. The van der Waals surface area contributed by atoms with Crippen LogP contribution in [0.25, 0.3) is 0 Å². The van der Waals surface area contributed by atoms with Gasteiger partial charge in [0, 0.05) is 51.4 Å². The van der Waals surface area contributed by atoms with Crippen molar-refractivity contribution in [3.05, 3.63) is 0 Å². The van der Waals surface area contributed by atoms with Crippen molar-refractivity contribution in [2.75, 3.05) is 39.3 Å². The summed E-state index contributed by atoms with van der Waals surface area (Å²) in [6.07, 6.45) is 4.34. The maximum atomic E-state index is 3.41. The van der Waals surface area contributed by atoms with Gasteiger partial charge in [0.25, 0.3) is 0 Å². The van der Waals surface area contributed by atoms with E-state index < -0.39 is 0 Å². The summed E-state index contributed by atoms with van der Waals surface area (Å²) in [5.41, 5.74) is 0. The summed E-state index contributed by atoms with van der Waals surface area (Å²) in [7, 11) is 0. The fourth-order valence-electron chi connectivity index (χ4n) is 4.54. The van der Waals surface area contributed by atoms with Crippen LogP contribution < -0.4 is 5.32 Å². The Balaban J connectivity index is 1.56. The van der Waals surface area contributed by atoms with Crippen LogP contribution in [0.5, 0.6) is 0 Å². The summed E-state index contributed by atoms with van der Waals surface area (Å²) >= 11 is 0. The largest absolute Gasteiger partial charge is 0.314 e. The van der Waals surface area contributed by atoms with Crippen molar-refractivity contribution in [1.29, 1.82) is 0 Å². The molecule has 0 bridgehead atoms. The summed E-state index contributed by atoms with van der Waals surface area (Å²) in [5.74, 6) is 2.72. The van der Waals surface area contributed by atoms with E-state index in [9.17, 15) is 0 Å². The van der Waals surface area contributed by atoms with Gasteiger partial charge >= 0.3 is 0 Å². The minimum absolute atomic E-state index is 0.836. The van der Waals surface area contributed by atoms with Gasteiger partial charge in [0.2, 0.25) is 0 Å². The monoisotopic (exact) mass is 279 g/mol. The van der Waals surface area contributed by atoms with Gasteiger partial charge in [-0.2, -0.15) is 0 Å². The molecule has 1 aliphatic carbocycles. The van der Waals surface area contributed by atoms with E-state index in [1.807, 2.05) is 0 Å². The zero-order valence-corrected chi connectivity index (χ0v) is 13.6. The Kier molecular flexibility index (Phi) is 4.68. The van der Waals surface area contributed by atoms with Gasteiger partial charge in [0.05, 0.1) is 0 Å². The molecule has 3 nitrogen and oxygen atoms in total. The third kappa shape index (κ3) is 3.05. The Morgan fingerprint density at radius 3 is 2.15 bits per heavy atom. The van der Waals surface area contributed by atoms with Gasteiger partial charge in [-0.1, -0.05) is 27.2 Å². The Labute approximate surface area is 125 Å². The molecule has 0 radical (unpaired) electrons. The summed E-state index contributed by atoms with van der Waals surface area (Å²) < 4.78 is 0. The van der Waals surface area contributed by atoms with Crippen LogP contribution in [0.15, 0.2) is 0 Å². The Hall–Kier alpha value is -0.120. The summed E-state index contributed by atoms with van der Waals surface area (Å²) in [6, 6.07) is 1.70. The van der Waals surface area contributed by atoms with Gasteiger partial charge in [-0.05, 0) is 30.6 Å². The number of piperazine rings is 1. The second-order valence-corrected chi connectivity index (χ2v) is 7.78. The molecule has 3 unspecified atom stereocenters. The molecule has 0 aromatic heterocycles. The Morgan fingerprint density at radius 2 is 1.60 bits per heavy atom. The van der Waals surface area contributed by atoms with Crippen LogP contribution >= 0.6 is 0 Å². The van der Waals surface area contributed by atoms with Crippen molar-refractivity contribution in [3.8, 4) is 0 Å². The summed E-state index contributed by atoms with van der Waals surface area (Å²) in [4.78, 5) is 5.55. The standard InChI is InChI=1S/C17H33N3/c1-13(2)16-5-4-14(3)10-17(16)20-8-6-19(7-9-20)15-11-18-12-15/h13-18H,4-12H2,1-3H3. The van der Waals surface area contributed by atoms with Gasteiger partial charge in [-0.3, -0.25) is 9.80 Å². The first-order valence-electron chi connectivity index (χ1n) is 8.84. The SMILES string of the molecule is CC1CCC(C(C)C)C(N2CCN(C3CNC3)CC2)C1. The normalized spacial score (nSPS) is 38.1. The minimum atomic E-state index is 0.836. The van der Waals surface area contributed by atoms with E-state index in [1.54, 1.807) is 0 Å². The molecule has 0 aromatic carbocycles. The molecular weight excluding hydrogens is 246 g/mol. The molecule has 0 amide bonds. The maximum Gasteiger partial charge on any atom is 0.0346 e. The number of rotatable bonds is 3. The summed E-state index contributed by atoms with van der Waals surface area (Å²) in [6.45, 7) is 15.0. The van der Waals surface area contributed by atoms with Crippen molar-refractivity contribution >= 4 is 0 Å². The Morgan fingerprint density at radius 1 is 0.950 bits per heavy atom. The van der Waals surface area contributed by atoms with Crippen molar-refractivity contribution in [2.45, 2.75) is 52.1 Å². The van der Waals surface area contributed by atoms with Gasteiger partial charge in [0.15, 0.2) is 0 Å². The Bertz CT molecular complexity index is 305. The van der Waals surface area contributed by atoms with Crippen LogP contribution in [0.4, 0.5) is 0 Å². The molecule has 2 saturated heterocycles. The van der Waals surface area contributed by atoms with Crippen LogP contribution in [0.1, 0.15) is 40.0 Å². The minimum Gasteiger partial charge on any atom is -0.314 e. The number of nitrogens with zero attached hydrogens (tertiary/aromatic N) is 2. The van der Waals surface area contributed by atoms with E-state index in [-0.39, 0.29) is 0 Å². The van der Waals surface area contributed by atoms with Gasteiger partial charge in [-0.15, -0.1) is 0 Å². The molecule has 3 atom stereocenters. The topological polar surface area (TPSA) is 18.5 Å². The van der Waals surface area contributed by atoms with Crippen LogP contribution in [-0.2, 0) is 0 Å². The fraction of sp³-hybridized carbons (Fsp3) is 1.00. The molecule has 116 valence electrons. The lowest BCUT2D eigenvalue weighted by Gasteiger charge is -2.49.